The van der Waals surface area contributed by atoms with E-state index in [1.54, 1.807) is 16.8 Å². The summed E-state index contributed by atoms with van der Waals surface area (Å²) < 4.78 is 36.0. The first-order valence-electron chi connectivity index (χ1n) is 9.72. The van der Waals surface area contributed by atoms with Gasteiger partial charge in [0.25, 0.3) is 0 Å². The molecule has 32 heavy (non-hydrogen) atoms. The van der Waals surface area contributed by atoms with Crippen LogP contribution in [0.15, 0.2) is 54.6 Å². The molecule has 3 aromatic rings. The van der Waals surface area contributed by atoms with Gasteiger partial charge in [-0.1, -0.05) is 48.0 Å². The molecule has 1 aromatic heterocycles. The van der Waals surface area contributed by atoms with Crippen molar-refractivity contribution < 1.29 is 23.0 Å². The number of methoxy groups -OCH3 is 1. The molecule has 0 fully saturated rings. The number of carbonyl (C=O) groups excluding carboxylic acids is 1. The minimum absolute atomic E-state index is 0.0740. The monoisotopic (exact) mass is 461 g/mol. The Labute approximate surface area is 189 Å². The molecule has 0 radical (unpaired) electrons. The van der Waals surface area contributed by atoms with E-state index in [1.165, 1.54) is 25.3 Å². The number of halogens is 3. The Hall–Kier alpha value is -3.39. The molecular weight excluding hydrogens is 440 g/mol. The Morgan fingerprint density at radius 2 is 1.94 bits per heavy atom. The van der Waals surface area contributed by atoms with Crippen LogP contribution < -0.4 is 14.8 Å². The quantitative estimate of drug-likeness (QED) is 0.463. The molecule has 0 aliphatic carbocycles. The predicted octanol–water partition coefficient (Wildman–Crippen LogP) is 4.83. The maximum Gasteiger partial charge on any atom is 0.387 e. The van der Waals surface area contributed by atoms with Crippen LogP contribution in [0.4, 0.5) is 8.78 Å². The summed E-state index contributed by atoms with van der Waals surface area (Å²) in [6, 6.07) is 14.3. The molecule has 0 saturated heterocycles. The van der Waals surface area contributed by atoms with Crippen LogP contribution >= 0.6 is 11.6 Å². The lowest BCUT2D eigenvalue weighted by Gasteiger charge is -2.11. The average Bonchev–Trinajstić information content (AvgIpc) is 3.04. The van der Waals surface area contributed by atoms with Crippen LogP contribution in [0.3, 0.4) is 0 Å². The molecule has 0 spiro atoms. The number of benzene rings is 2. The number of hydrogen-bond donors (Lipinski definition) is 1. The maximum atomic E-state index is 12.4. The summed E-state index contributed by atoms with van der Waals surface area (Å²) in [6.45, 7) is -0.436. The van der Waals surface area contributed by atoms with E-state index in [2.05, 4.69) is 15.2 Å². The zero-order valence-corrected chi connectivity index (χ0v) is 18.3. The van der Waals surface area contributed by atoms with Crippen LogP contribution in [-0.2, 0) is 17.9 Å². The largest absolute Gasteiger partial charge is 0.493 e. The fourth-order valence-corrected chi connectivity index (χ4v) is 3.34. The van der Waals surface area contributed by atoms with Gasteiger partial charge >= 0.3 is 6.61 Å². The molecule has 1 N–H and O–H groups in total. The van der Waals surface area contributed by atoms with E-state index in [-0.39, 0.29) is 24.0 Å². The van der Waals surface area contributed by atoms with Gasteiger partial charge in [-0.2, -0.15) is 13.9 Å². The summed E-state index contributed by atoms with van der Waals surface area (Å²) in [5, 5.41) is 7.61. The maximum absolute atomic E-state index is 12.4. The van der Waals surface area contributed by atoms with Crippen LogP contribution in [0.25, 0.3) is 6.08 Å². The Kier molecular flexibility index (Phi) is 7.83. The van der Waals surface area contributed by atoms with Gasteiger partial charge < -0.3 is 14.8 Å². The molecule has 0 saturated carbocycles. The van der Waals surface area contributed by atoms with E-state index in [9.17, 15) is 13.6 Å². The molecule has 1 heterocycles. The molecule has 168 valence electrons. The lowest BCUT2D eigenvalue weighted by Crippen LogP contribution is -2.20. The molecule has 6 nitrogen and oxygen atoms in total. The van der Waals surface area contributed by atoms with Crippen molar-refractivity contribution >= 4 is 23.6 Å². The Bertz CT molecular complexity index is 1100. The highest BCUT2D eigenvalue weighted by Gasteiger charge is 2.13. The smallest absolute Gasteiger partial charge is 0.387 e. The third-order valence-corrected chi connectivity index (χ3v) is 5.00. The molecule has 3 rings (SSSR count). The number of rotatable bonds is 9. The molecule has 0 bridgehead atoms. The van der Waals surface area contributed by atoms with Crippen molar-refractivity contribution in [2.24, 2.45) is 0 Å². The van der Waals surface area contributed by atoms with Crippen molar-refractivity contribution in [1.82, 2.24) is 15.1 Å². The van der Waals surface area contributed by atoms with Crippen molar-refractivity contribution in [3.05, 3.63) is 82.1 Å². The zero-order valence-electron chi connectivity index (χ0n) is 17.5. The predicted molar refractivity (Wildman–Crippen MR) is 118 cm³/mol. The number of carbonyl (C=O) groups is 1. The fraction of sp³-hybridized carbons (Fsp3) is 0.217. The normalized spacial score (nSPS) is 11.2. The Balaban J connectivity index is 1.62. The van der Waals surface area contributed by atoms with Gasteiger partial charge in [-0.15, -0.1) is 0 Å². The molecule has 0 aliphatic rings. The second-order valence-electron chi connectivity index (χ2n) is 6.85. The number of aromatic nitrogens is 2. The van der Waals surface area contributed by atoms with Crippen molar-refractivity contribution in [2.45, 2.75) is 26.6 Å². The van der Waals surface area contributed by atoms with E-state index in [1.807, 2.05) is 37.3 Å². The first-order chi connectivity index (χ1) is 15.4. The summed E-state index contributed by atoms with van der Waals surface area (Å²) in [5.74, 6) is -0.265. The Morgan fingerprint density at radius 1 is 1.19 bits per heavy atom. The van der Waals surface area contributed by atoms with Crippen LogP contribution in [0.1, 0.15) is 22.4 Å². The number of hydrogen-bond acceptors (Lipinski definition) is 4. The standard InChI is InChI=1S/C23H22ClF2N3O3/c1-15-18(22(24)29(28-15)14-16-6-4-3-5-7-16)9-11-21(30)27-13-17-8-10-19(32-23(25)26)20(12-17)31-2/h3-12,23H,13-14H2,1-2H3,(H,27,30)/b11-9+. The SMILES string of the molecule is COc1cc(CNC(=O)/C=C/c2c(C)nn(Cc3ccccc3)c2Cl)ccc1OC(F)F. The molecule has 0 atom stereocenters. The minimum Gasteiger partial charge on any atom is -0.493 e. The summed E-state index contributed by atoms with van der Waals surface area (Å²) in [4.78, 5) is 12.3. The number of alkyl halides is 2. The fourth-order valence-electron chi connectivity index (χ4n) is 3.04. The highest BCUT2D eigenvalue weighted by Crippen LogP contribution is 2.29. The molecule has 1 amide bonds. The van der Waals surface area contributed by atoms with Crippen molar-refractivity contribution in [3.8, 4) is 11.5 Å². The number of nitrogens with zero attached hydrogens (tertiary/aromatic N) is 2. The summed E-state index contributed by atoms with van der Waals surface area (Å²) in [7, 11) is 1.35. The van der Waals surface area contributed by atoms with E-state index in [0.29, 0.717) is 28.5 Å². The highest BCUT2D eigenvalue weighted by atomic mass is 35.5. The number of aryl methyl sites for hydroxylation is 1. The van der Waals surface area contributed by atoms with E-state index in [4.69, 9.17) is 16.3 Å². The second-order valence-corrected chi connectivity index (χ2v) is 7.21. The third kappa shape index (κ3) is 6.07. The van der Waals surface area contributed by atoms with E-state index in [0.717, 1.165) is 5.56 Å². The molecule has 2 aromatic carbocycles. The van der Waals surface area contributed by atoms with Crippen molar-refractivity contribution in [2.75, 3.05) is 7.11 Å². The van der Waals surface area contributed by atoms with Gasteiger partial charge in [0, 0.05) is 18.2 Å². The summed E-state index contributed by atoms with van der Waals surface area (Å²) in [5.41, 5.74) is 3.09. The lowest BCUT2D eigenvalue weighted by molar-refractivity contribution is -0.116. The lowest BCUT2D eigenvalue weighted by atomic mass is 10.2. The summed E-state index contributed by atoms with van der Waals surface area (Å²) >= 11 is 6.46. The Morgan fingerprint density at radius 3 is 2.62 bits per heavy atom. The van der Waals surface area contributed by atoms with Crippen LogP contribution in [0.2, 0.25) is 5.15 Å². The van der Waals surface area contributed by atoms with Crippen LogP contribution in [-0.4, -0.2) is 29.4 Å². The highest BCUT2D eigenvalue weighted by molar-refractivity contribution is 6.31. The van der Waals surface area contributed by atoms with Gasteiger partial charge in [-0.3, -0.25) is 4.79 Å². The van der Waals surface area contributed by atoms with E-state index >= 15 is 0 Å². The number of ether oxygens (including phenoxy) is 2. The van der Waals surface area contributed by atoms with Gasteiger partial charge in [0.15, 0.2) is 11.5 Å². The topological polar surface area (TPSA) is 65.4 Å². The third-order valence-electron chi connectivity index (χ3n) is 4.60. The van der Waals surface area contributed by atoms with Crippen LogP contribution in [0.5, 0.6) is 11.5 Å². The molecule has 0 aliphatic heterocycles. The van der Waals surface area contributed by atoms with Crippen molar-refractivity contribution in [1.29, 1.82) is 0 Å². The first kappa shape index (κ1) is 23.3. The molecule has 9 heteroatoms. The second kappa shape index (κ2) is 10.8. The minimum atomic E-state index is -2.95. The molecule has 0 unspecified atom stereocenters. The first-order valence-corrected chi connectivity index (χ1v) is 10.1. The number of nitrogens with one attached hydrogen (secondary N) is 1. The van der Waals surface area contributed by atoms with Gasteiger partial charge in [-0.05, 0) is 36.3 Å². The molecular formula is C23H22ClF2N3O3. The van der Waals surface area contributed by atoms with Crippen molar-refractivity contribution in [3.63, 3.8) is 0 Å². The van der Waals surface area contributed by atoms with Gasteiger partial charge in [0.2, 0.25) is 5.91 Å². The van der Waals surface area contributed by atoms with Crippen LogP contribution in [0, 0.1) is 6.92 Å². The van der Waals surface area contributed by atoms with Gasteiger partial charge in [0.05, 0.1) is 19.3 Å². The van der Waals surface area contributed by atoms with Gasteiger partial charge in [0.1, 0.15) is 5.15 Å². The van der Waals surface area contributed by atoms with E-state index < -0.39 is 6.61 Å². The average molecular weight is 462 g/mol. The number of amides is 1. The van der Waals surface area contributed by atoms with Gasteiger partial charge in [-0.25, -0.2) is 4.68 Å². The zero-order chi connectivity index (χ0) is 23.1. The summed E-state index contributed by atoms with van der Waals surface area (Å²) in [6.07, 6.45) is 2.98.